The molecule has 4 heteroatoms. The molecule has 1 aliphatic rings. The summed E-state index contributed by atoms with van der Waals surface area (Å²) in [7, 11) is 0. The van der Waals surface area contributed by atoms with Crippen LogP contribution in [0.3, 0.4) is 0 Å². The molecule has 1 atom stereocenters. The molecule has 134 valence electrons. The number of carbonyl (C=O) groups excluding carboxylic acids is 2. The molecule has 1 fully saturated rings. The first-order valence-electron chi connectivity index (χ1n) is 9.25. The number of hydrogen-bond acceptors (Lipinski definition) is 2. The molecule has 1 saturated heterocycles. The van der Waals surface area contributed by atoms with Crippen LogP contribution in [-0.2, 0) is 9.59 Å². The van der Waals surface area contributed by atoms with Crippen molar-refractivity contribution in [2.45, 2.75) is 79.7 Å². The number of nitrogens with zero attached hydrogens (tertiary/aromatic N) is 2. The first-order chi connectivity index (χ1) is 10.7. The summed E-state index contributed by atoms with van der Waals surface area (Å²) in [6, 6.07) is 0.298. The van der Waals surface area contributed by atoms with Gasteiger partial charge in [-0.25, -0.2) is 0 Å². The minimum absolute atomic E-state index is 0.109. The first kappa shape index (κ1) is 20.0. The summed E-state index contributed by atoms with van der Waals surface area (Å²) in [4.78, 5) is 28.3. The smallest absolute Gasteiger partial charge is 0.223 e. The van der Waals surface area contributed by atoms with Gasteiger partial charge >= 0.3 is 0 Å². The third kappa shape index (κ3) is 5.82. The standard InChI is InChI=1S/C19H36N2O2/c1-7-11-21(17(8-2)19(4,5)6)18(23)14-16-9-12-20(13-10-16)15(3)22/h16-17H,7-14H2,1-6H3. The van der Waals surface area contributed by atoms with Crippen LogP contribution in [0.4, 0.5) is 0 Å². The van der Waals surface area contributed by atoms with E-state index in [0.29, 0.717) is 24.3 Å². The van der Waals surface area contributed by atoms with Gasteiger partial charge in [0.15, 0.2) is 0 Å². The predicted octanol–water partition coefficient (Wildman–Crippen LogP) is 3.70. The lowest BCUT2D eigenvalue weighted by atomic mass is 9.83. The Morgan fingerprint density at radius 1 is 1.17 bits per heavy atom. The summed E-state index contributed by atoms with van der Waals surface area (Å²) >= 11 is 0. The Labute approximate surface area is 142 Å². The summed E-state index contributed by atoms with van der Waals surface area (Å²) < 4.78 is 0. The number of amides is 2. The number of carbonyl (C=O) groups is 2. The van der Waals surface area contributed by atoms with Gasteiger partial charge in [0.1, 0.15) is 0 Å². The second-order valence-corrected chi connectivity index (χ2v) is 8.03. The third-order valence-corrected chi connectivity index (χ3v) is 5.07. The van der Waals surface area contributed by atoms with E-state index in [1.165, 1.54) is 0 Å². The van der Waals surface area contributed by atoms with Crippen molar-refractivity contribution in [2.24, 2.45) is 11.3 Å². The van der Waals surface area contributed by atoms with Crippen LogP contribution >= 0.6 is 0 Å². The lowest BCUT2D eigenvalue weighted by Crippen LogP contribution is -2.48. The highest BCUT2D eigenvalue weighted by molar-refractivity contribution is 5.77. The van der Waals surface area contributed by atoms with Gasteiger partial charge in [0.05, 0.1) is 0 Å². The molecule has 0 saturated carbocycles. The topological polar surface area (TPSA) is 40.6 Å². The SMILES string of the molecule is CCCN(C(=O)CC1CCN(C(C)=O)CC1)C(CC)C(C)(C)C. The molecule has 2 amide bonds. The fourth-order valence-electron chi connectivity index (χ4n) is 3.81. The summed E-state index contributed by atoms with van der Waals surface area (Å²) in [5.41, 5.74) is 0.109. The van der Waals surface area contributed by atoms with Crippen molar-refractivity contribution in [3.05, 3.63) is 0 Å². The zero-order valence-electron chi connectivity index (χ0n) is 16.0. The van der Waals surface area contributed by atoms with Gasteiger partial charge in [-0.3, -0.25) is 9.59 Å². The van der Waals surface area contributed by atoms with Crippen molar-refractivity contribution >= 4 is 11.8 Å². The van der Waals surface area contributed by atoms with E-state index in [0.717, 1.165) is 45.3 Å². The molecular weight excluding hydrogens is 288 g/mol. The summed E-state index contributed by atoms with van der Waals surface area (Å²) in [5, 5.41) is 0. The molecule has 0 spiro atoms. The molecule has 23 heavy (non-hydrogen) atoms. The minimum atomic E-state index is 0.109. The number of likely N-dealkylation sites (tertiary alicyclic amines) is 1. The lowest BCUT2D eigenvalue weighted by molar-refractivity contribution is -0.137. The Morgan fingerprint density at radius 2 is 1.74 bits per heavy atom. The highest BCUT2D eigenvalue weighted by Gasteiger charge is 2.33. The van der Waals surface area contributed by atoms with Crippen LogP contribution in [0, 0.1) is 11.3 Å². The van der Waals surface area contributed by atoms with E-state index in [2.05, 4.69) is 39.5 Å². The van der Waals surface area contributed by atoms with E-state index < -0.39 is 0 Å². The van der Waals surface area contributed by atoms with Crippen LogP contribution in [0.5, 0.6) is 0 Å². The number of rotatable bonds is 6. The van der Waals surface area contributed by atoms with Crippen LogP contribution in [-0.4, -0.2) is 47.3 Å². The normalized spacial score (nSPS) is 17.9. The maximum absolute atomic E-state index is 12.9. The van der Waals surface area contributed by atoms with E-state index in [1.54, 1.807) is 6.92 Å². The maximum Gasteiger partial charge on any atom is 0.223 e. The van der Waals surface area contributed by atoms with Gasteiger partial charge in [-0.05, 0) is 37.0 Å². The summed E-state index contributed by atoms with van der Waals surface area (Å²) in [6.07, 6.45) is 4.55. The summed E-state index contributed by atoms with van der Waals surface area (Å²) in [5.74, 6) is 0.881. The molecule has 0 aromatic carbocycles. The van der Waals surface area contributed by atoms with Crippen LogP contribution in [0.1, 0.15) is 73.6 Å². The molecular formula is C19H36N2O2. The van der Waals surface area contributed by atoms with Gasteiger partial charge in [-0.1, -0.05) is 34.6 Å². The van der Waals surface area contributed by atoms with Gasteiger partial charge in [-0.2, -0.15) is 0 Å². The minimum Gasteiger partial charge on any atom is -0.343 e. The van der Waals surface area contributed by atoms with Gasteiger partial charge in [0.25, 0.3) is 0 Å². The predicted molar refractivity (Wildman–Crippen MR) is 95.1 cm³/mol. The van der Waals surface area contributed by atoms with Gasteiger partial charge in [0.2, 0.25) is 11.8 Å². The average molecular weight is 325 g/mol. The first-order valence-corrected chi connectivity index (χ1v) is 9.25. The van der Waals surface area contributed by atoms with Crippen LogP contribution < -0.4 is 0 Å². The maximum atomic E-state index is 12.9. The summed E-state index contributed by atoms with van der Waals surface area (Å²) in [6.45, 7) is 15.1. The largest absolute Gasteiger partial charge is 0.343 e. The monoisotopic (exact) mass is 324 g/mol. The van der Waals surface area contributed by atoms with Crippen LogP contribution in [0.2, 0.25) is 0 Å². The molecule has 4 nitrogen and oxygen atoms in total. The Morgan fingerprint density at radius 3 is 2.13 bits per heavy atom. The van der Waals surface area contributed by atoms with Crippen LogP contribution in [0.25, 0.3) is 0 Å². The van der Waals surface area contributed by atoms with Crippen LogP contribution in [0.15, 0.2) is 0 Å². The molecule has 1 aliphatic heterocycles. The van der Waals surface area contributed by atoms with E-state index in [4.69, 9.17) is 0 Å². The third-order valence-electron chi connectivity index (χ3n) is 5.07. The fraction of sp³-hybridized carbons (Fsp3) is 0.895. The molecule has 0 bridgehead atoms. The van der Waals surface area contributed by atoms with Crippen molar-refractivity contribution < 1.29 is 9.59 Å². The van der Waals surface area contributed by atoms with Crippen molar-refractivity contribution in [3.63, 3.8) is 0 Å². The Bertz CT molecular complexity index is 393. The molecule has 1 heterocycles. The highest BCUT2D eigenvalue weighted by atomic mass is 16.2. The lowest BCUT2D eigenvalue weighted by Gasteiger charge is -2.41. The molecule has 0 radical (unpaired) electrons. The molecule has 0 aromatic rings. The van der Waals surface area contributed by atoms with Gasteiger partial charge in [-0.15, -0.1) is 0 Å². The van der Waals surface area contributed by atoms with Crippen molar-refractivity contribution in [3.8, 4) is 0 Å². The zero-order valence-corrected chi connectivity index (χ0v) is 16.0. The Balaban J connectivity index is 2.67. The number of piperidine rings is 1. The van der Waals surface area contributed by atoms with E-state index in [-0.39, 0.29) is 11.3 Å². The quantitative estimate of drug-likeness (QED) is 0.747. The van der Waals surface area contributed by atoms with E-state index >= 15 is 0 Å². The zero-order chi connectivity index (χ0) is 17.6. The molecule has 1 unspecified atom stereocenters. The molecule has 0 aliphatic carbocycles. The number of hydrogen-bond donors (Lipinski definition) is 0. The van der Waals surface area contributed by atoms with Crippen molar-refractivity contribution in [1.82, 2.24) is 9.80 Å². The van der Waals surface area contributed by atoms with Crippen molar-refractivity contribution in [1.29, 1.82) is 0 Å². The van der Waals surface area contributed by atoms with Gasteiger partial charge in [0, 0.05) is 39.0 Å². The van der Waals surface area contributed by atoms with Crippen molar-refractivity contribution in [2.75, 3.05) is 19.6 Å². The Hall–Kier alpha value is -1.06. The second-order valence-electron chi connectivity index (χ2n) is 8.03. The second kappa shape index (κ2) is 8.70. The highest BCUT2D eigenvalue weighted by Crippen LogP contribution is 2.29. The van der Waals surface area contributed by atoms with E-state index in [9.17, 15) is 9.59 Å². The molecule has 0 N–H and O–H groups in total. The van der Waals surface area contributed by atoms with E-state index in [1.807, 2.05) is 4.90 Å². The van der Waals surface area contributed by atoms with Gasteiger partial charge < -0.3 is 9.80 Å². The fourth-order valence-corrected chi connectivity index (χ4v) is 3.81. The molecule has 0 aromatic heterocycles. The molecule has 1 rings (SSSR count). The Kier molecular flexibility index (Phi) is 7.56. The average Bonchev–Trinajstić information content (AvgIpc) is 2.46.